The lowest BCUT2D eigenvalue weighted by molar-refractivity contribution is -0.135. The van der Waals surface area contributed by atoms with Gasteiger partial charge in [0.2, 0.25) is 0 Å². The molecule has 0 spiro atoms. The van der Waals surface area contributed by atoms with Gasteiger partial charge in [-0.25, -0.2) is 0 Å². The van der Waals surface area contributed by atoms with Crippen molar-refractivity contribution in [3.05, 3.63) is 35.4 Å². The lowest BCUT2D eigenvalue weighted by Gasteiger charge is -2.09. The maximum atomic E-state index is 11.9. The van der Waals surface area contributed by atoms with E-state index in [0.717, 1.165) is 13.0 Å². The summed E-state index contributed by atoms with van der Waals surface area (Å²) in [5.41, 5.74) is 2.52. The Morgan fingerprint density at radius 1 is 1.06 bits per heavy atom. The molecule has 0 heterocycles. The monoisotopic (exact) mass is 259 g/mol. The van der Waals surface area contributed by atoms with Gasteiger partial charge in [-0.2, -0.15) is 13.2 Å². The van der Waals surface area contributed by atoms with Crippen LogP contribution in [0.2, 0.25) is 0 Å². The average Bonchev–Trinajstić information content (AvgIpc) is 2.32. The Kier molecular flexibility index (Phi) is 6.19. The highest BCUT2D eigenvalue weighted by Gasteiger charge is 2.25. The SMILES string of the molecule is CCc1ccccc1CNCCCCC(F)(F)F. The van der Waals surface area contributed by atoms with Crippen LogP contribution < -0.4 is 5.32 Å². The van der Waals surface area contributed by atoms with Crippen LogP contribution in [0.1, 0.15) is 37.3 Å². The van der Waals surface area contributed by atoms with Crippen molar-refractivity contribution in [2.75, 3.05) is 6.54 Å². The molecule has 1 nitrogen and oxygen atoms in total. The third-order valence-electron chi connectivity index (χ3n) is 2.88. The Morgan fingerprint density at radius 3 is 2.33 bits per heavy atom. The van der Waals surface area contributed by atoms with E-state index in [-0.39, 0.29) is 6.42 Å². The van der Waals surface area contributed by atoms with Crippen LogP contribution in [0, 0.1) is 0 Å². The summed E-state index contributed by atoms with van der Waals surface area (Å²) >= 11 is 0. The maximum Gasteiger partial charge on any atom is 0.389 e. The van der Waals surface area contributed by atoms with Crippen molar-refractivity contribution in [1.82, 2.24) is 5.32 Å². The van der Waals surface area contributed by atoms with Gasteiger partial charge in [0.1, 0.15) is 0 Å². The fraction of sp³-hybridized carbons (Fsp3) is 0.571. The number of rotatable bonds is 7. The number of aryl methyl sites for hydroxylation is 1. The summed E-state index contributed by atoms with van der Waals surface area (Å²) in [5, 5.41) is 3.20. The first-order valence-corrected chi connectivity index (χ1v) is 6.37. The summed E-state index contributed by atoms with van der Waals surface area (Å²) < 4.78 is 35.7. The first kappa shape index (κ1) is 15.0. The molecule has 1 aromatic rings. The molecule has 4 heteroatoms. The quantitative estimate of drug-likeness (QED) is 0.728. The Morgan fingerprint density at radius 2 is 1.72 bits per heavy atom. The Labute approximate surface area is 106 Å². The molecule has 0 aliphatic rings. The molecule has 0 radical (unpaired) electrons. The van der Waals surface area contributed by atoms with Gasteiger partial charge in [-0.15, -0.1) is 0 Å². The van der Waals surface area contributed by atoms with E-state index in [1.165, 1.54) is 11.1 Å². The zero-order chi connectivity index (χ0) is 13.4. The average molecular weight is 259 g/mol. The lowest BCUT2D eigenvalue weighted by Crippen LogP contribution is -2.16. The summed E-state index contributed by atoms with van der Waals surface area (Å²) in [7, 11) is 0. The maximum absolute atomic E-state index is 11.9. The number of halogens is 3. The molecular formula is C14H20F3N. The van der Waals surface area contributed by atoms with Gasteiger partial charge in [-0.05, 0) is 36.9 Å². The van der Waals surface area contributed by atoms with Gasteiger partial charge in [0, 0.05) is 13.0 Å². The molecule has 1 aromatic carbocycles. The highest BCUT2D eigenvalue weighted by molar-refractivity contribution is 5.26. The Balaban J connectivity index is 2.18. The highest BCUT2D eigenvalue weighted by Crippen LogP contribution is 2.21. The number of benzene rings is 1. The second-order valence-electron chi connectivity index (χ2n) is 4.37. The third kappa shape index (κ3) is 6.05. The van der Waals surface area contributed by atoms with E-state index in [0.29, 0.717) is 13.0 Å². The van der Waals surface area contributed by atoms with Gasteiger partial charge < -0.3 is 5.32 Å². The summed E-state index contributed by atoms with van der Waals surface area (Å²) in [6, 6.07) is 8.13. The topological polar surface area (TPSA) is 12.0 Å². The minimum Gasteiger partial charge on any atom is -0.313 e. The van der Waals surface area contributed by atoms with E-state index in [4.69, 9.17) is 0 Å². The van der Waals surface area contributed by atoms with Crippen LogP contribution in [0.5, 0.6) is 0 Å². The summed E-state index contributed by atoms with van der Waals surface area (Å²) in [6.45, 7) is 3.46. The Bertz CT molecular complexity index is 347. The van der Waals surface area contributed by atoms with Gasteiger partial charge in [-0.1, -0.05) is 31.2 Å². The van der Waals surface area contributed by atoms with Gasteiger partial charge in [0.15, 0.2) is 0 Å². The van der Waals surface area contributed by atoms with Gasteiger partial charge >= 0.3 is 6.18 Å². The fourth-order valence-corrected chi connectivity index (χ4v) is 1.87. The molecular weight excluding hydrogens is 239 g/mol. The summed E-state index contributed by atoms with van der Waals surface area (Å²) in [6.07, 6.45) is -2.96. The van der Waals surface area contributed by atoms with E-state index in [1.807, 2.05) is 12.1 Å². The summed E-state index contributed by atoms with van der Waals surface area (Å²) in [5.74, 6) is 0. The number of alkyl halides is 3. The van der Waals surface area contributed by atoms with Crippen molar-refractivity contribution in [2.24, 2.45) is 0 Å². The predicted octanol–water partition coefficient (Wildman–Crippen LogP) is 4.07. The summed E-state index contributed by atoms with van der Waals surface area (Å²) in [4.78, 5) is 0. The number of unbranched alkanes of at least 4 members (excludes halogenated alkanes) is 1. The van der Waals surface area contributed by atoms with E-state index in [1.54, 1.807) is 0 Å². The van der Waals surface area contributed by atoms with Gasteiger partial charge in [-0.3, -0.25) is 0 Å². The molecule has 0 fully saturated rings. The molecule has 0 bridgehead atoms. The van der Waals surface area contributed by atoms with Crippen molar-refractivity contribution in [2.45, 2.75) is 45.3 Å². The van der Waals surface area contributed by atoms with E-state index >= 15 is 0 Å². The van der Waals surface area contributed by atoms with E-state index in [9.17, 15) is 13.2 Å². The van der Waals surface area contributed by atoms with Crippen molar-refractivity contribution in [1.29, 1.82) is 0 Å². The minimum atomic E-state index is -4.02. The molecule has 102 valence electrons. The van der Waals surface area contributed by atoms with Crippen molar-refractivity contribution >= 4 is 0 Å². The second kappa shape index (κ2) is 7.41. The van der Waals surface area contributed by atoms with Crippen LogP contribution in [-0.4, -0.2) is 12.7 Å². The molecule has 0 unspecified atom stereocenters. The normalized spacial score (nSPS) is 11.8. The van der Waals surface area contributed by atoms with Crippen LogP contribution >= 0.6 is 0 Å². The molecule has 0 saturated heterocycles. The standard InChI is InChI=1S/C14H20F3N/c1-2-12-7-3-4-8-13(12)11-18-10-6-5-9-14(15,16)17/h3-4,7-8,18H,2,5-6,9-11H2,1H3. The molecule has 18 heavy (non-hydrogen) atoms. The zero-order valence-electron chi connectivity index (χ0n) is 10.7. The van der Waals surface area contributed by atoms with Crippen molar-refractivity contribution in [3.8, 4) is 0 Å². The molecule has 1 N–H and O–H groups in total. The fourth-order valence-electron chi connectivity index (χ4n) is 1.87. The molecule has 0 aliphatic carbocycles. The smallest absolute Gasteiger partial charge is 0.313 e. The van der Waals surface area contributed by atoms with Crippen LogP contribution in [0.15, 0.2) is 24.3 Å². The van der Waals surface area contributed by atoms with Crippen LogP contribution in [0.4, 0.5) is 13.2 Å². The molecule has 0 atom stereocenters. The molecule has 0 saturated carbocycles. The van der Waals surface area contributed by atoms with Crippen LogP contribution in [-0.2, 0) is 13.0 Å². The van der Waals surface area contributed by atoms with Crippen LogP contribution in [0.3, 0.4) is 0 Å². The van der Waals surface area contributed by atoms with E-state index in [2.05, 4.69) is 24.4 Å². The van der Waals surface area contributed by atoms with Crippen LogP contribution in [0.25, 0.3) is 0 Å². The molecule has 0 aromatic heterocycles. The molecule has 0 aliphatic heterocycles. The zero-order valence-corrected chi connectivity index (χ0v) is 10.7. The molecule has 1 rings (SSSR count). The van der Waals surface area contributed by atoms with Crippen molar-refractivity contribution < 1.29 is 13.2 Å². The largest absolute Gasteiger partial charge is 0.389 e. The van der Waals surface area contributed by atoms with Crippen molar-refractivity contribution in [3.63, 3.8) is 0 Å². The third-order valence-corrected chi connectivity index (χ3v) is 2.88. The first-order valence-electron chi connectivity index (χ1n) is 6.37. The van der Waals surface area contributed by atoms with Gasteiger partial charge in [0.05, 0.1) is 0 Å². The number of nitrogens with one attached hydrogen (secondary N) is 1. The highest BCUT2D eigenvalue weighted by atomic mass is 19.4. The second-order valence-corrected chi connectivity index (χ2v) is 4.37. The minimum absolute atomic E-state index is 0.200. The predicted molar refractivity (Wildman–Crippen MR) is 67.4 cm³/mol. The van der Waals surface area contributed by atoms with E-state index < -0.39 is 12.6 Å². The molecule has 0 amide bonds. The first-order chi connectivity index (χ1) is 8.53. The number of hydrogen-bond acceptors (Lipinski definition) is 1. The Hall–Kier alpha value is -1.03. The van der Waals surface area contributed by atoms with Gasteiger partial charge in [0.25, 0.3) is 0 Å². The lowest BCUT2D eigenvalue weighted by atomic mass is 10.1. The number of hydrogen-bond donors (Lipinski definition) is 1.